The van der Waals surface area contributed by atoms with Crippen molar-refractivity contribution in [2.75, 3.05) is 18.0 Å². The number of piperidine rings is 1. The number of rotatable bonds is 3. The molecule has 7 heteroatoms. The van der Waals surface area contributed by atoms with Crippen molar-refractivity contribution in [3.05, 3.63) is 46.7 Å². The highest BCUT2D eigenvalue weighted by Crippen LogP contribution is 2.35. The molecule has 5 heterocycles. The van der Waals surface area contributed by atoms with E-state index >= 15 is 0 Å². The lowest BCUT2D eigenvalue weighted by molar-refractivity contribution is 0.105. The molecule has 0 aliphatic carbocycles. The zero-order valence-corrected chi connectivity index (χ0v) is 13.4. The summed E-state index contributed by atoms with van der Waals surface area (Å²) < 4.78 is 13.9. The SMILES string of the molecule is Fc1cnc(N2C3CC2CN(Cc2ccc(Br)cn2)C3)nc1. The third kappa shape index (κ3) is 2.59. The van der Waals surface area contributed by atoms with E-state index in [-0.39, 0.29) is 0 Å². The van der Waals surface area contributed by atoms with Crippen molar-refractivity contribution in [1.82, 2.24) is 19.9 Å². The number of fused-ring (bicyclic) bond motifs is 2. The van der Waals surface area contributed by atoms with Crippen LogP contribution in [0.5, 0.6) is 0 Å². The summed E-state index contributed by atoms with van der Waals surface area (Å²) in [5.74, 6) is 0.251. The molecule has 0 saturated carbocycles. The summed E-state index contributed by atoms with van der Waals surface area (Å²) in [5.41, 5.74) is 1.08. The Balaban J connectivity index is 1.41. The highest BCUT2D eigenvalue weighted by atomic mass is 79.9. The van der Waals surface area contributed by atoms with E-state index in [0.29, 0.717) is 18.0 Å². The lowest BCUT2D eigenvalue weighted by Gasteiger charge is -2.56. The Bertz CT molecular complexity index is 651. The van der Waals surface area contributed by atoms with Crippen LogP contribution in [0, 0.1) is 5.82 Å². The minimum Gasteiger partial charge on any atom is -0.332 e. The molecule has 3 saturated heterocycles. The van der Waals surface area contributed by atoms with Crippen LogP contribution in [0.15, 0.2) is 35.2 Å². The van der Waals surface area contributed by atoms with Crippen LogP contribution in [0.3, 0.4) is 0 Å². The maximum atomic E-state index is 12.9. The Labute approximate surface area is 136 Å². The van der Waals surface area contributed by atoms with Crippen molar-refractivity contribution in [2.45, 2.75) is 25.0 Å². The monoisotopic (exact) mass is 363 g/mol. The van der Waals surface area contributed by atoms with Gasteiger partial charge in [-0.25, -0.2) is 14.4 Å². The molecule has 22 heavy (non-hydrogen) atoms. The summed E-state index contributed by atoms with van der Waals surface area (Å²) in [5, 5.41) is 0. The first kappa shape index (κ1) is 14.0. The van der Waals surface area contributed by atoms with Gasteiger partial charge in [-0.15, -0.1) is 0 Å². The zero-order valence-electron chi connectivity index (χ0n) is 11.9. The van der Waals surface area contributed by atoms with Crippen molar-refractivity contribution in [2.24, 2.45) is 0 Å². The second kappa shape index (κ2) is 5.55. The lowest BCUT2D eigenvalue weighted by Crippen LogP contribution is -2.69. The van der Waals surface area contributed by atoms with Crippen molar-refractivity contribution >= 4 is 21.9 Å². The van der Waals surface area contributed by atoms with Crippen LogP contribution < -0.4 is 4.90 Å². The van der Waals surface area contributed by atoms with E-state index in [1.165, 1.54) is 12.4 Å². The summed E-state index contributed by atoms with van der Waals surface area (Å²) in [6.45, 7) is 2.79. The predicted octanol–water partition coefficient (Wildman–Crippen LogP) is 2.24. The predicted molar refractivity (Wildman–Crippen MR) is 83.9 cm³/mol. The van der Waals surface area contributed by atoms with Crippen LogP contribution >= 0.6 is 15.9 Å². The fraction of sp³-hybridized carbons (Fsp3) is 0.400. The second-order valence-corrected chi connectivity index (χ2v) is 6.73. The third-order valence-corrected chi connectivity index (χ3v) is 4.75. The van der Waals surface area contributed by atoms with Crippen LogP contribution in [0.4, 0.5) is 10.3 Å². The minimum atomic E-state index is -0.391. The van der Waals surface area contributed by atoms with E-state index in [1.54, 1.807) is 0 Å². The topological polar surface area (TPSA) is 45.2 Å². The normalized spacial score (nSPS) is 24.2. The van der Waals surface area contributed by atoms with E-state index in [1.807, 2.05) is 18.3 Å². The summed E-state index contributed by atoms with van der Waals surface area (Å²) >= 11 is 3.40. The molecule has 3 aliphatic rings. The van der Waals surface area contributed by atoms with Crippen molar-refractivity contribution in [3.8, 4) is 0 Å². The highest BCUT2D eigenvalue weighted by molar-refractivity contribution is 9.10. The molecule has 2 aromatic heterocycles. The van der Waals surface area contributed by atoms with Gasteiger partial charge in [0.05, 0.1) is 18.1 Å². The first-order valence-electron chi connectivity index (χ1n) is 7.28. The molecule has 0 N–H and O–H groups in total. The summed E-state index contributed by atoms with van der Waals surface area (Å²) in [6, 6.07) is 4.90. The second-order valence-electron chi connectivity index (χ2n) is 5.81. The molecule has 2 aromatic rings. The molecule has 2 unspecified atom stereocenters. The number of aromatic nitrogens is 3. The Morgan fingerprint density at radius 3 is 2.45 bits per heavy atom. The third-order valence-electron chi connectivity index (χ3n) is 4.28. The van der Waals surface area contributed by atoms with Gasteiger partial charge >= 0.3 is 0 Å². The van der Waals surface area contributed by atoms with Crippen molar-refractivity contribution in [1.29, 1.82) is 0 Å². The number of nitrogens with zero attached hydrogens (tertiary/aromatic N) is 5. The molecule has 5 rings (SSSR count). The van der Waals surface area contributed by atoms with Crippen molar-refractivity contribution in [3.63, 3.8) is 0 Å². The summed E-state index contributed by atoms with van der Waals surface area (Å²) in [6.07, 6.45) is 5.46. The van der Waals surface area contributed by atoms with Gasteiger partial charge in [-0.05, 0) is 34.5 Å². The molecule has 114 valence electrons. The highest BCUT2D eigenvalue weighted by Gasteiger charge is 2.45. The minimum absolute atomic E-state index is 0.391. The molecule has 3 fully saturated rings. The molecular weight excluding hydrogens is 349 g/mol. The maximum absolute atomic E-state index is 12.9. The number of pyridine rings is 1. The van der Waals surface area contributed by atoms with Gasteiger partial charge in [0.1, 0.15) is 0 Å². The van der Waals surface area contributed by atoms with E-state index in [0.717, 1.165) is 36.2 Å². The fourth-order valence-corrected chi connectivity index (χ4v) is 3.56. The molecule has 0 amide bonds. The Hall–Kier alpha value is -1.60. The van der Waals surface area contributed by atoms with Crippen LogP contribution in [-0.2, 0) is 6.54 Å². The van der Waals surface area contributed by atoms with Gasteiger partial charge in [-0.3, -0.25) is 9.88 Å². The molecular formula is C15H15BrFN5. The van der Waals surface area contributed by atoms with E-state index in [4.69, 9.17) is 0 Å². The molecule has 3 aliphatic heterocycles. The molecule has 5 nitrogen and oxygen atoms in total. The van der Waals surface area contributed by atoms with Gasteiger partial charge in [0.2, 0.25) is 5.95 Å². The van der Waals surface area contributed by atoms with Crippen LogP contribution in [0.2, 0.25) is 0 Å². The number of halogens is 2. The molecule has 0 radical (unpaired) electrons. The quantitative estimate of drug-likeness (QED) is 0.836. The first-order chi connectivity index (χ1) is 10.7. The smallest absolute Gasteiger partial charge is 0.226 e. The Morgan fingerprint density at radius 1 is 1.09 bits per heavy atom. The van der Waals surface area contributed by atoms with Gasteiger partial charge in [0.15, 0.2) is 5.82 Å². The van der Waals surface area contributed by atoms with E-state index in [2.05, 4.69) is 40.7 Å². The molecule has 2 atom stereocenters. The lowest BCUT2D eigenvalue weighted by atomic mass is 9.88. The van der Waals surface area contributed by atoms with Gasteiger partial charge < -0.3 is 4.90 Å². The fourth-order valence-electron chi connectivity index (χ4n) is 3.32. The number of hydrogen-bond acceptors (Lipinski definition) is 5. The van der Waals surface area contributed by atoms with Crippen LogP contribution in [0.1, 0.15) is 12.1 Å². The number of piperazine rings is 1. The molecule has 0 aromatic carbocycles. The number of hydrogen-bond donors (Lipinski definition) is 0. The average molecular weight is 364 g/mol. The maximum Gasteiger partial charge on any atom is 0.226 e. The number of anilines is 1. The van der Waals surface area contributed by atoms with Crippen molar-refractivity contribution < 1.29 is 4.39 Å². The summed E-state index contributed by atoms with van der Waals surface area (Å²) in [4.78, 5) is 17.3. The van der Waals surface area contributed by atoms with Crippen LogP contribution in [0.25, 0.3) is 0 Å². The standard InChI is InChI=1S/C15H15BrFN5/c16-10-1-2-12(18-4-10)7-21-8-13-3-14(9-21)22(13)15-19-5-11(17)6-20-15/h1-2,4-6,13-14H,3,7-9H2. The Kier molecular flexibility index (Phi) is 3.54. The first-order valence-corrected chi connectivity index (χ1v) is 8.07. The zero-order chi connectivity index (χ0) is 15.1. The van der Waals surface area contributed by atoms with Crippen LogP contribution in [-0.4, -0.2) is 45.0 Å². The van der Waals surface area contributed by atoms with Gasteiger partial charge in [0, 0.05) is 42.4 Å². The van der Waals surface area contributed by atoms with Gasteiger partial charge in [-0.1, -0.05) is 0 Å². The van der Waals surface area contributed by atoms with E-state index < -0.39 is 5.82 Å². The Morgan fingerprint density at radius 2 is 1.82 bits per heavy atom. The van der Waals surface area contributed by atoms with Gasteiger partial charge in [0.25, 0.3) is 0 Å². The largest absolute Gasteiger partial charge is 0.332 e. The average Bonchev–Trinajstić information content (AvgIpc) is 2.52. The van der Waals surface area contributed by atoms with Gasteiger partial charge in [-0.2, -0.15) is 0 Å². The summed E-state index contributed by atoms with van der Waals surface area (Å²) in [7, 11) is 0. The molecule has 2 bridgehead atoms. The van der Waals surface area contributed by atoms with E-state index in [9.17, 15) is 4.39 Å². The molecule has 0 spiro atoms.